The second-order valence-electron chi connectivity index (χ2n) is 9.70. The Bertz CT molecular complexity index is 1300. The smallest absolute Gasteiger partial charge is 0.159 e. The number of benzene rings is 4. The summed E-state index contributed by atoms with van der Waals surface area (Å²) in [5.74, 6) is 1.82. The zero-order valence-corrected chi connectivity index (χ0v) is 19.2. The van der Waals surface area contributed by atoms with E-state index in [0.717, 1.165) is 28.3 Å². The lowest BCUT2D eigenvalue weighted by Crippen LogP contribution is -2.19. The average Bonchev–Trinajstić information content (AvgIpc) is 2.73. The van der Waals surface area contributed by atoms with Gasteiger partial charge in [0.1, 0.15) is 0 Å². The van der Waals surface area contributed by atoms with Crippen LogP contribution >= 0.6 is 0 Å². The lowest BCUT2D eigenvalue weighted by Gasteiger charge is -2.36. The topological polar surface area (TPSA) is 12.5 Å². The van der Waals surface area contributed by atoms with Crippen molar-refractivity contribution in [1.29, 1.82) is 0 Å². The lowest BCUT2D eigenvalue weighted by atomic mass is 9.84. The van der Waals surface area contributed by atoms with Gasteiger partial charge in [0.25, 0.3) is 0 Å². The number of anilines is 3. The van der Waals surface area contributed by atoms with E-state index in [1.54, 1.807) is 0 Å². The zero-order chi connectivity index (χ0) is 21.9. The molecule has 2 heteroatoms. The maximum absolute atomic E-state index is 6.51. The minimum absolute atomic E-state index is 0.113. The first kappa shape index (κ1) is 19.7. The first-order chi connectivity index (χ1) is 14.8. The molecule has 0 saturated heterocycles. The van der Waals surface area contributed by atoms with E-state index in [0.29, 0.717) is 0 Å². The number of para-hydroxylation sites is 2. The Kier molecular flexibility index (Phi) is 4.37. The fourth-order valence-electron chi connectivity index (χ4n) is 4.74. The third-order valence-corrected chi connectivity index (χ3v) is 6.32. The van der Waals surface area contributed by atoms with Gasteiger partial charge in [0.2, 0.25) is 0 Å². The van der Waals surface area contributed by atoms with Gasteiger partial charge in [0, 0.05) is 5.39 Å². The Labute approximate surface area is 185 Å². The molecular weight excluding hydrogens is 378 g/mol. The number of hydrogen-bond donors (Lipinski definition) is 0. The summed E-state index contributed by atoms with van der Waals surface area (Å²) in [5.41, 5.74) is 8.70. The fraction of sp³-hybridized carbons (Fsp3) is 0.241. The molecule has 0 saturated carbocycles. The first-order valence-electron chi connectivity index (χ1n) is 11.0. The van der Waals surface area contributed by atoms with Crippen molar-refractivity contribution in [3.05, 3.63) is 89.0 Å². The molecule has 2 nitrogen and oxygen atoms in total. The van der Waals surface area contributed by atoms with Crippen molar-refractivity contribution in [3.63, 3.8) is 0 Å². The van der Waals surface area contributed by atoms with E-state index in [9.17, 15) is 0 Å². The van der Waals surface area contributed by atoms with E-state index in [4.69, 9.17) is 4.74 Å². The van der Waals surface area contributed by atoms with Gasteiger partial charge < -0.3 is 9.64 Å². The molecule has 0 aliphatic carbocycles. The molecule has 0 amide bonds. The fourth-order valence-corrected chi connectivity index (χ4v) is 4.74. The molecule has 0 fully saturated rings. The lowest BCUT2D eigenvalue weighted by molar-refractivity contribution is 0.482. The van der Waals surface area contributed by atoms with Crippen molar-refractivity contribution in [3.8, 4) is 11.5 Å². The molecule has 1 aliphatic heterocycles. The van der Waals surface area contributed by atoms with E-state index in [2.05, 4.69) is 107 Å². The summed E-state index contributed by atoms with van der Waals surface area (Å²) in [6.07, 6.45) is 0. The van der Waals surface area contributed by atoms with Crippen LogP contribution in [0.4, 0.5) is 17.1 Å². The highest BCUT2D eigenvalue weighted by molar-refractivity contribution is 6.01. The molecule has 4 aromatic carbocycles. The summed E-state index contributed by atoms with van der Waals surface area (Å²) >= 11 is 0. The molecule has 156 valence electrons. The Morgan fingerprint density at radius 2 is 1.29 bits per heavy atom. The van der Waals surface area contributed by atoms with Crippen molar-refractivity contribution >= 4 is 27.8 Å². The van der Waals surface area contributed by atoms with Crippen LogP contribution in [-0.4, -0.2) is 0 Å². The molecule has 31 heavy (non-hydrogen) atoms. The van der Waals surface area contributed by atoms with Gasteiger partial charge in [-0.25, -0.2) is 0 Å². The largest absolute Gasteiger partial charge is 0.452 e. The second kappa shape index (κ2) is 6.88. The van der Waals surface area contributed by atoms with Crippen LogP contribution in [0.1, 0.15) is 43.0 Å². The summed E-state index contributed by atoms with van der Waals surface area (Å²) in [4.78, 5) is 2.39. The molecule has 1 aliphatic rings. The molecule has 5 rings (SSSR count). The van der Waals surface area contributed by atoms with Crippen LogP contribution in [0.15, 0.2) is 66.7 Å². The van der Waals surface area contributed by atoms with Crippen molar-refractivity contribution in [2.75, 3.05) is 4.90 Å². The van der Waals surface area contributed by atoms with E-state index >= 15 is 0 Å². The van der Waals surface area contributed by atoms with Gasteiger partial charge in [-0.05, 0) is 72.0 Å². The van der Waals surface area contributed by atoms with Crippen LogP contribution < -0.4 is 9.64 Å². The highest BCUT2D eigenvalue weighted by Gasteiger charge is 2.30. The number of hydrogen-bond acceptors (Lipinski definition) is 2. The highest BCUT2D eigenvalue weighted by atomic mass is 16.5. The molecule has 0 aromatic heterocycles. The monoisotopic (exact) mass is 407 g/mol. The maximum Gasteiger partial charge on any atom is 0.159 e. The first-order valence-corrected chi connectivity index (χ1v) is 11.0. The molecular formula is C29H29NO. The predicted molar refractivity (Wildman–Crippen MR) is 132 cm³/mol. The molecule has 0 atom stereocenters. The third kappa shape index (κ3) is 3.09. The molecule has 0 radical (unpaired) electrons. The molecule has 0 N–H and O–H groups in total. The van der Waals surface area contributed by atoms with Gasteiger partial charge >= 0.3 is 0 Å². The van der Waals surface area contributed by atoms with Gasteiger partial charge in [-0.15, -0.1) is 0 Å². The Morgan fingerprint density at radius 1 is 0.677 bits per heavy atom. The SMILES string of the molecule is Cc1cc(C(C)(C)C)cc(C)c1N1c2ccccc2Oc2c1cc(C)c1ccccc21. The van der Waals surface area contributed by atoms with Crippen LogP contribution in [0.25, 0.3) is 10.8 Å². The van der Waals surface area contributed by atoms with E-state index in [1.165, 1.54) is 33.3 Å². The molecule has 1 heterocycles. The quantitative estimate of drug-likeness (QED) is 0.276. The minimum Gasteiger partial charge on any atom is -0.452 e. The Balaban J connectivity index is 1.84. The Morgan fingerprint density at radius 3 is 1.97 bits per heavy atom. The number of nitrogens with zero attached hydrogens (tertiary/aromatic N) is 1. The third-order valence-electron chi connectivity index (χ3n) is 6.32. The zero-order valence-electron chi connectivity index (χ0n) is 19.2. The van der Waals surface area contributed by atoms with E-state index in [1.807, 2.05) is 6.07 Å². The minimum atomic E-state index is 0.113. The molecule has 0 unspecified atom stereocenters. The van der Waals surface area contributed by atoms with Gasteiger partial charge in [-0.1, -0.05) is 69.3 Å². The number of fused-ring (bicyclic) bond motifs is 4. The van der Waals surface area contributed by atoms with Crippen LogP contribution in [0.5, 0.6) is 11.5 Å². The van der Waals surface area contributed by atoms with Crippen molar-refractivity contribution in [2.24, 2.45) is 0 Å². The molecule has 4 aromatic rings. The number of aryl methyl sites for hydroxylation is 3. The number of rotatable bonds is 1. The predicted octanol–water partition coefficient (Wildman–Crippen LogP) is 8.64. The molecule has 0 spiro atoms. The Hall–Kier alpha value is -3.26. The maximum atomic E-state index is 6.51. The van der Waals surface area contributed by atoms with Crippen molar-refractivity contribution in [1.82, 2.24) is 0 Å². The van der Waals surface area contributed by atoms with Crippen molar-refractivity contribution in [2.45, 2.75) is 47.0 Å². The van der Waals surface area contributed by atoms with Crippen LogP contribution in [0, 0.1) is 20.8 Å². The summed E-state index contributed by atoms with van der Waals surface area (Å²) < 4.78 is 6.51. The number of ether oxygens (including phenoxy) is 1. The van der Waals surface area contributed by atoms with Crippen molar-refractivity contribution < 1.29 is 4.74 Å². The van der Waals surface area contributed by atoms with Gasteiger partial charge in [0.15, 0.2) is 11.5 Å². The van der Waals surface area contributed by atoms with Gasteiger partial charge in [-0.3, -0.25) is 0 Å². The van der Waals surface area contributed by atoms with Crippen LogP contribution in [0.3, 0.4) is 0 Å². The standard InChI is InChI=1S/C29H29NO/c1-18-17-25-28(23-12-8-7-11-22(18)23)31-26-14-10-9-13-24(26)30(25)27-19(2)15-21(16-20(27)3)29(4,5)6/h7-17H,1-6H3. The summed E-state index contributed by atoms with van der Waals surface area (Å²) in [7, 11) is 0. The summed E-state index contributed by atoms with van der Waals surface area (Å²) in [6, 6.07) is 23.8. The van der Waals surface area contributed by atoms with Crippen LogP contribution in [0.2, 0.25) is 0 Å². The van der Waals surface area contributed by atoms with Gasteiger partial charge in [-0.2, -0.15) is 0 Å². The van der Waals surface area contributed by atoms with E-state index in [-0.39, 0.29) is 5.41 Å². The van der Waals surface area contributed by atoms with E-state index < -0.39 is 0 Å². The second-order valence-corrected chi connectivity index (χ2v) is 9.70. The highest BCUT2D eigenvalue weighted by Crippen LogP contribution is 2.54. The summed E-state index contributed by atoms with van der Waals surface area (Å²) in [6.45, 7) is 13.5. The average molecular weight is 408 g/mol. The van der Waals surface area contributed by atoms with Gasteiger partial charge in [0.05, 0.1) is 17.1 Å². The van der Waals surface area contributed by atoms with Crippen LogP contribution in [-0.2, 0) is 5.41 Å². The normalized spacial score (nSPS) is 13.0. The summed E-state index contributed by atoms with van der Waals surface area (Å²) in [5, 5.41) is 2.38. The molecule has 0 bridgehead atoms.